The predicted molar refractivity (Wildman–Crippen MR) is 122 cm³/mol. The van der Waals surface area contributed by atoms with Crippen LogP contribution in [0.5, 0.6) is 0 Å². The Hall–Kier alpha value is -3.44. The summed E-state index contributed by atoms with van der Waals surface area (Å²) in [5.74, 6) is 0.254. The quantitative estimate of drug-likeness (QED) is 0.415. The number of amides is 1. The van der Waals surface area contributed by atoms with E-state index in [1.165, 1.54) is 11.6 Å². The maximum atomic E-state index is 12.2. The lowest BCUT2D eigenvalue weighted by Crippen LogP contribution is -2.07. The van der Waals surface area contributed by atoms with Crippen LogP contribution in [0.25, 0.3) is 22.8 Å². The number of nitrogens with one attached hydrogen (secondary N) is 1. The second-order valence-corrected chi connectivity index (χ2v) is 7.75. The molecule has 0 spiro atoms. The highest BCUT2D eigenvalue weighted by molar-refractivity contribution is 6.30. The van der Waals surface area contributed by atoms with Crippen LogP contribution in [0, 0.1) is 0 Å². The summed E-state index contributed by atoms with van der Waals surface area (Å²) in [5.41, 5.74) is 5.20. The molecular formula is C24H21ClN4O. The normalized spacial score (nSPS) is 11.5. The lowest BCUT2D eigenvalue weighted by Gasteiger charge is -2.05. The van der Waals surface area contributed by atoms with E-state index < -0.39 is 0 Å². The maximum Gasteiger partial charge on any atom is 0.248 e. The van der Waals surface area contributed by atoms with Crippen molar-refractivity contribution >= 4 is 40.3 Å². The minimum absolute atomic E-state index is 0.221. The fourth-order valence-electron chi connectivity index (χ4n) is 3.03. The molecule has 0 atom stereocenters. The van der Waals surface area contributed by atoms with Crippen molar-refractivity contribution in [2.45, 2.75) is 19.8 Å². The van der Waals surface area contributed by atoms with Crippen LogP contribution in [0.4, 0.5) is 5.69 Å². The van der Waals surface area contributed by atoms with Crippen LogP contribution < -0.4 is 5.32 Å². The number of aromatic nitrogens is 3. The summed E-state index contributed by atoms with van der Waals surface area (Å²) in [6.45, 7) is 4.33. The third kappa shape index (κ3) is 4.58. The van der Waals surface area contributed by atoms with E-state index in [-0.39, 0.29) is 5.91 Å². The molecule has 1 amide bonds. The fraction of sp³-hybridized carbons (Fsp3) is 0.125. The van der Waals surface area contributed by atoms with E-state index in [0.29, 0.717) is 22.1 Å². The van der Waals surface area contributed by atoms with Crippen LogP contribution in [0.15, 0.2) is 72.8 Å². The van der Waals surface area contributed by atoms with Gasteiger partial charge in [0.15, 0.2) is 0 Å². The first-order valence-electron chi connectivity index (χ1n) is 9.70. The number of carbonyl (C=O) groups is 1. The van der Waals surface area contributed by atoms with Gasteiger partial charge in [0.2, 0.25) is 5.91 Å². The van der Waals surface area contributed by atoms with E-state index in [4.69, 9.17) is 11.6 Å². The number of rotatable bonds is 5. The molecule has 1 N–H and O–H groups in total. The first-order chi connectivity index (χ1) is 14.5. The minimum atomic E-state index is -0.221. The van der Waals surface area contributed by atoms with Gasteiger partial charge in [-0.3, -0.25) is 4.79 Å². The number of halogens is 1. The summed E-state index contributed by atoms with van der Waals surface area (Å²) in [6.07, 6.45) is 3.22. The maximum absolute atomic E-state index is 12.2. The summed E-state index contributed by atoms with van der Waals surface area (Å²) in [6, 6.07) is 21.0. The van der Waals surface area contributed by atoms with Crippen molar-refractivity contribution < 1.29 is 4.79 Å². The molecule has 0 aliphatic heterocycles. The monoisotopic (exact) mass is 416 g/mol. The van der Waals surface area contributed by atoms with Gasteiger partial charge in [0.25, 0.3) is 0 Å². The standard InChI is InChI=1S/C24H21ClN4O/c1-16(2)18-6-11-21(12-7-18)29-27-22-13-10-20(15-23(22)28-29)26-24(30)14-5-17-3-8-19(25)9-4-17/h3-16H,1-2H3,(H,26,30)/b14-5+. The number of hydrogen-bond donors (Lipinski definition) is 1. The molecule has 0 aliphatic rings. The minimum Gasteiger partial charge on any atom is -0.322 e. The topological polar surface area (TPSA) is 59.8 Å². The third-order valence-electron chi connectivity index (χ3n) is 4.74. The number of nitrogens with zero attached hydrogens (tertiary/aromatic N) is 3. The molecule has 150 valence electrons. The van der Waals surface area contributed by atoms with Crippen molar-refractivity contribution in [1.29, 1.82) is 0 Å². The Kier molecular flexibility index (Phi) is 5.63. The first kappa shape index (κ1) is 19.9. The highest BCUT2D eigenvalue weighted by Crippen LogP contribution is 2.20. The van der Waals surface area contributed by atoms with Crippen LogP contribution >= 0.6 is 11.6 Å². The van der Waals surface area contributed by atoms with Gasteiger partial charge in [-0.15, -0.1) is 10.2 Å². The molecule has 4 rings (SSSR count). The summed E-state index contributed by atoms with van der Waals surface area (Å²) in [5, 5.41) is 12.6. The molecule has 0 saturated heterocycles. The Labute approximate surface area is 180 Å². The van der Waals surface area contributed by atoms with Crippen molar-refractivity contribution in [2.24, 2.45) is 0 Å². The molecule has 0 fully saturated rings. The van der Waals surface area contributed by atoms with Gasteiger partial charge in [0, 0.05) is 16.8 Å². The molecule has 0 saturated carbocycles. The SMILES string of the molecule is CC(C)c1ccc(-n2nc3ccc(NC(=O)/C=C/c4ccc(Cl)cc4)cc3n2)cc1. The van der Waals surface area contributed by atoms with Crippen LogP contribution in [0.2, 0.25) is 5.02 Å². The van der Waals surface area contributed by atoms with Crippen molar-refractivity contribution in [3.8, 4) is 5.69 Å². The van der Waals surface area contributed by atoms with Crippen LogP contribution in [0.3, 0.4) is 0 Å². The van der Waals surface area contributed by atoms with Crippen molar-refractivity contribution in [3.63, 3.8) is 0 Å². The Morgan fingerprint density at radius 2 is 1.67 bits per heavy atom. The summed E-state index contributed by atoms with van der Waals surface area (Å²) < 4.78 is 0. The Morgan fingerprint density at radius 3 is 2.37 bits per heavy atom. The Bertz CT molecular complexity index is 1210. The molecule has 0 aliphatic carbocycles. The molecule has 1 heterocycles. The second-order valence-electron chi connectivity index (χ2n) is 7.31. The van der Waals surface area contributed by atoms with E-state index in [0.717, 1.165) is 16.8 Å². The van der Waals surface area contributed by atoms with Crippen LogP contribution in [-0.2, 0) is 4.79 Å². The molecule has 5 nitrogen and oxygen atoms in total. The van der Waals surface area contributed by atoms with Gasteiger partial charge in [0.1, 0.15) is 11.0 Å². The lowest BCUT2D eigenvalue weighted by molar-refractivity contribution is -0.111. The Balaban J connectivity index is 1.49. The zero-order valence-corrected chi connectivity index (χ0v) is 17.5. The zero-order chi connectivity index (χ0) is 21.1. The van der Waals surface area contributed by atoms with Crippen molar-refractivity contribution in [1.82, 2.24) is 15.0 Å². The van der Waals surface area contributed by atoms with Gasteiger partial charge < -0.3 is 5.32 Å². The van der Waals surface area contributed by atoms with E-state index in [1.807, 2.05) is 42.5 Å². The van der Waals surface area contributed by atoms with Gasteiger partial charge in [0.05, 0.1) is 5.69 Å². The van der Waals surface area contributed by atoms with E-state index >= 15 is 0 Å². The summed E-state index contributed by atoms with van der Waals surface area (Å²) in [4.78, 5) is 13.8. The third-order valence-corrected chi connectivity index (χ3v) is 4.99. The van der Waals surface area contributed by atoms with Crippen molar-refractivity contribution in [3.05, 3.63) is 89.0 Å². The summed E-state index contributed by atoms with van der Waals surface area (Å²) in [7, 11) is 0. The molecule has 0 bridgehead atoms. The molecule has 0 radical (unpaired) electrons. The van der Waals surface area contributed by atoms with E-state index in [2.05, 4.69) is 41.5 Å². The van der Waals surface area contributed by atoms with E-state index in [1.54, 1.807) is 23.0 Å². The zero-order valence-electron chi connectivity index (χ0n) is 16.7. The van der Waals surface area contributed by atoms with Gasteiger partial charge >= 0.3 is 0 Å². The van der Waals surface area contributed by atoms with Crippen molar-refractivity contribution in [2.75, 3.05) is 5.32 Å². The molecule has 1 aromatic heterocycles. The lowest BCUT2D eigenvalue weighted by atomic mass is 10.0. The summed E-state index contributed by atoms with van der Waals surface area (Å²) >= 11 is 5.87. The molecule has 30 heavy (non-hydrogen) atoms. The van der Waals surface area contributed by atoms with Gasteiger partial charge in [-0.25, -0.2) is 0 Å². The second kappa shape index (κ2) is 8.51. The molecule has 6 heteroatoms. The molecule has 0 unspecified atom stereocenters. The number of anilines is 1. The number of hydrogen-bond acceptors (Lipinski definition) is 3. The average Bonchev–Trinajstić information content (AvgIpc) is 3.17. The first-order valence-corrected chi connectivity index (χ1v) is 10.1. The van der Waals surface area contributed by atoms with Crippen LogP contribution in [-0.4, -0.2) is 20.9 Å². The number of benzene rings is 3. The average molecular weight is 417 g/mol. The largest absolute Gasteiger partial charge is 0.322 e. The fourth-order valence-corrected chi connectivity index (χ4v) is 3.16. The van der Waals surface area contributed by atoms with E-state index in [9.17, 15) is 4.79 Å². The van der Waals surface area contributed by atoms with Gasteiger partial charge in [-0.05, 0) is 65.6 Å². The van der Waals surface area contributed by atoms with Gasteiger partial charge in [-0.1, -0.05) is 49.7 Å². The molecular weight excluding hydrogens is 396 g/mol. The number of carbonyl (C=O) groups excluding carboxylic acids is 1. The predicted octanol–water partition coefficient (Wildman–Crippen LogP) is 5.85. The number of fused-ring (bicyclic) bond motifs is 1. The van der Waals surface area contributed by atoms with Crippen LogP contribution in [0.1, 0.15) is 30.9 Å². The highest BCUT2D eigenvalue weighted by Gasteiger charge is 2.07. The van der Waals surface area contributed by atoms with Gasteiger partial charge in [-0.2, -0.15) is 4.80 Å². The smallest absolute Gasteiger partial charge is 0.248 e. The molecule has 4 aromatic rings. The molecule has 3 aromatic carbocycles. The Morgan fingerprint density at radius 1 is 0.967 bits per heavy atom. The highest BCUT2D eigenvalue weighted by atomic mass is 35.5.